The topological polar surface area (TPSA) is 67.9 Å². The monoisotopic (exact) mass is 403 g/mol. The number of hydrogen-bond acceptors (Lipinski definition) is 4. The van der Waals surface area contributed by atoms with Gasteiger partial charge in [-0.25, -0.2) is 4.68 Å². The Morgan fingerprint density at radius 1 is 1.10 bits per heavy atom. The number of ketones is 1. The average molecular weight is 404 g/mol. The Morgan fingerprint density at radius 2 is 1.70 bits per heavy atom. The first-order chi connectivity index (χ1) is 14.4. The van der Waals surface area contributed by atoms with Crippen LogP contribution in [0.2, 0.25) is 0 Å². The number of hydrogen-bond donors (Lipinski definition) is 0. The second kappa shape index (κ2) is 11.0. The van der Waals surface area contributed by atoms with Gasteiger partial charge < -0.3 is 4.74 Å². The van der Waals surface area contributed by atoms with Crippen LogP contribution in [0.3, 0.4) is 0 Å². The molecule has 0 amide bonds. The maximum absolute atomic E-state index is 11.7. The van der Waals surface area contributed by atoms with E-state index in [-0.39, 0.29) is 5.78 Å². The number of rotatable bonds is 6. The first-order valence-corrected chi connectivity index (χ1v) is 10.2. The van der Waals surface area contributed by atoms with Gasteiger partial charge in [-0.05, 0) is 48.4 Å². The Labute approximate surface area is 178 Å². The van der Waals surface area contributed by atoms with E-state index in [9.17, 15) is 4.79 Å². The molecule has 0 unspecified atom stereocenters. The van der Waals surface area contributed by atoms with E-state index in [4.69, 9.17) is 10.00 Å². The first kappa shape index (κ1) is 22.9. The molecule has 0 aliphatic carbocycles. The Bertz CT molecular complexity index is 992. The van der Waals surface area contributed by atoms with Crippen molar-refractivity contribution in [1.29, 1.82) is 5.26 Å². The minimum atomic E-state index is -0.0999. The van der Waals surface area contributed by atoms with E-state index >= 15 is 0 Å². The van der Waals surface area contributed by atoms with Gasteiger partial charge in [0.05, 0.1) is 30.1 Å². The number of aromatic nitrogens is 2. The number of Topliss-reactive ketones (excluding diaryl/α,β-unsaturated/α-hetero) is 1. The molecular formula is C25H29N3O2. The molecule has 0 spiro atoms. The van der Waals surface area contributed by atoms with Crippen molar-refractivity contribution in [2.75, 3.05) is 7.11 Å². The van der Waals surface area contributed by atoms with Crippen LogP contribution >= 0.6 is 0 Å². The first-order valence-electron chi connectivity index (χ1n) is 10.2. The maximum Gasteiger partial charge on any atom is 0.180 e. The van der Waals surface area contributed by atoms with E-state index in [1.54, 1.807) is 30.0 Å². The molecule has 1 aromatic heterocycles. The van der Waals surface area contributed by atoms with Gasteiger partial charge in [-0.3, -0.25) is 4.79 Å². The number of benzene rings is 2. The van der Waals surface area contributed by atoms with Gasteiger partial charge in [0.25, 0.3) is 0 Å². The van der Waals surface area contributed by atoms with Crippen molar-refractivity contribution in [1.82, 2.24) is 9.78 Å². The number of ether oxygens (including phenoxy) is 1. The van der Waals surface area contributed by atoms with E-state index in [0.717, 1.165) is 28.6 Å². The van der Waals surface area contributed by atoms with Crippen molar-refractivity contribution in [3.05, 3.63) is 65.9 Å². The van der Waals surface area contributed by atoms with Crippen molar-refractivity contribution in [3.63, 3.8) is 0 Å². The van der Waals surface area contributed by atoms with Crippen molar-refractivity contribution in [2.24, 2.45) is 5.92 Å². The molecule has 3 rings (SSSR count). The molecule has 1 heterocycles. The van der Waals surface area contributed by atoms with Crippen LogP contribution in [0.1, 0.15) is 56.6 Å². The van der Waals surface area contributed by atoms with Gasteiger partial charge in [-0.1, -0.05) is 45.7 Å². The van der Waals surface area contributed by atoms with Crippen LogP contribution < -0.4 is 4.74 Å². The van der Waals surface area contributed by atoms with Crippen LogP contribution in [0.15, 0.2) is 54.6 Å². The van der Waals surface area contributed by atoms with Gasteiger partial charge in [0, 0.05) is 12.5 Å². The second-order valence-electron chi connectivity index (χ2n) is 7.19. The molecule has 2 aromatic carbocycles. The molecule has 3 aromatic rings. The highest BCUT2D eigenvalue weighted by Crippen LogP contribution is 2.25. The fourth-order valence-corrected chi connectivity index (χ4v) is 2.68. The third-order valence-corrected chi connectivity index (χ3v) is 5.09. The predicted molar refractivity (Wildman–Crippen MR) is 120 cm³/mol. The molecular weight excluding hydrogens is 374 g/mol. The second-order valence-corrected chi connectivity index (χ2v) is 7.19. The van der Waals surface area contributed by atoms with Crippen molar-refractivity contribution in [2.45, 2.75) is 40.5 Å². The van der Waals surface area contributed by atoms with Gasteiger partial charge in [0.15, 0.2) is 5.78 Å². The van der Waals surface area contributed by atoms with Gasteiger partial charge in [0.1, 0.15) is 11.4 Å². The minimum absolute atomic E-state index is 0.0999. The van der Waals surface area contributed by atoms with Crippen molar-refractivity contribution >= 4 is 5.78 Å². The van der Waals surface area contributed by atoms with Gasteiger partial charge in [0.2, 0.25) is 0 Å². The standard InChI is InChI=1S/C19H15N3O2.C6H14/c1-13(23)18-11-19(15-5-3-14(12-20)4-6-15)22(21-18)16-7-9-17(24-2)10-8-16;1-4-6(3)5-2/h3-11H,1-2H3;6H,4-5H2,1-3H3. The third-order valence-electron chi connectivity index (χ3n) is 5.09. The highest BCUT2D eigenvalue weighted by Gasteiger charge is 2.14. The molecule has 0 fully saturated rings. The normalized spacial score (nSPS) is 10.2. The number of nitrogens with zero attached hydrogens (tertiary/aromatic N) is 3. The number of methoxy groups -OCH3 is 1. The molecule has 0 bridgehead atoms. The molecule has 5 heteroatoms. The summed E-state index contributed by atoms with van der Waals surface area (Å²) in [5.41, 5.74) is 3.47. The van der Waals surface area contributed by atoms with E-state index in [1.165, 1.54) is 19.8 Å². The van der Waals surface area contributed by atoms with E-state index in [0.29, 0.717) is 11.3 Å². The maximum atomic E-state index is 11.7. The van der Waals surface area contributed by atoms with Crippen LogP contribution in [0.25, 0.3) is 16.9 Å². The minimum Gasteiger partial charge on any atom is -0.497 e. The number of nitriles is 1. The summed E-state index contributed by atoms with van der Waals surface area (Å²) < 4.78 is 6.89. The lowest BCUT2D eigenvalue weighted by molar-refractivity contribution is 0.101. The molecule has 30 heavy (non-hydrogen) atoms. The summed E-state index contributed by atoms with van der Waals surface area (Å²) in [5, 5.41) is 13.3. The smallest absolute Gasteiger partial charge is 0.180 e. The fourth-order valence-electron chi connectivity index (χ4n) is 2.68. The lowest BCUT2D eigenvalue weighted by Crippen LogP contribution is -2.01. The molecule has 0 saturated carbocycles. The summed E-state index contributed by atoms with van der Waals surface area (Å²) in [6, 6.07) is 18.5. The Kier molecular flexibility index (Phi) is 8.37. The summed E-state index contributed by atoms with van der Waals surface area (Å²) in [6.45, 7) is 8.23. The summed E-state index contributed by atoms with van der Waals surface area (Å²) in [5.74, 6) is 1.58. The summed E-state index contributed by atoms with van der Waals surface area (Å²) in [4.78, 5) is 11.7. The SMILES string of the molecule is CCC(C)CC.COc1ccc(-n2nc(C(C)=O)cc2-c2ccc(C#N)cc2)cc1. The molecule has 0 aliphatic rings. The zero-order valence-electron chi connectivity index (χ0n) is 18.3. The largest absolute Gasteiger partial charge is 0.497 e. The van der Waals surface area contributed by atoms with Gasteiger partial charge in [-0.15, -0.1) is 0 Å². The highest BCUT2D eigenvalue weighted by atomic mass is 16.5. The van der Waals surface area contributed by atoms with Crippen LogP contribution in [-0.2, 0) is 0 Å². The number of carbonyl (C=O) groups excluding carboxylic acids is 1. The van der Waals surface area contributed by atoms with Crippen molar-refractivity contribution in [3.8, 4) is 28.8 Å². The van der Waals surface area contributed by atoms with E-state index in [1.807, 2.05) is 36.4 Å². The van der Waals surface area contributed by atoms with Gasteiger partial charge >= 0.3 is 0 Å². The third kappa shape index (κ3) is 5.81. The molecule has 0 atom stereocenters. The van der Waals surface area contributed by atoms with E-state index in [2.05, 4.69) is 31.9 Å². The Morgan fingerprint density at radius 3 is 2.13 bits per heavy atom. The molecule has 0 aliphatic heterocycles. The van der Waals surface area contributed by atoms with Crippen LogP contribution in [0.4, 0.5) is 0 Å². The summed E-state index contributed by atoms with van der Waals surface area (Å²) in [6.07, 6.45) is 2.66. The van der Waals surface area contributed by atoms with Crippen LogP contribution in [0, 0.1) is 17.2 Å². The molecule has 156 valence electrons. The zero-order valence-corrected chi connectivity index (χ0v) is 18.3. The van der Waals surface area contributed by atoms with Crippen LogP contribution in [0.5, 0.6) is 5.75 Å². The number of carbonyl (C=O) groups is 1. The molecule has 0 radical (unpaired) electrons. The predicted octanol–water partition coefficient (Wildman–Crippen LogP) is 6.06. The molecule has 0 N–H and O–H groups in total. The van der Waals surface area contributed by atoms with E-state index < -0.39 is 0 Å². The summed E-state index contributed by atoms with van der Waals surface area (Å²) in [7, 11) is 1.61. The zero-order chi connectivity index (χ0) is 22.1. The molecule has 0 saturated heterocycles. The Hall–Kier alpha value is -3.39. The molecule has 5 nitrogen and oxygen atoms in total. The summed E-state index contributed by atoms with van der Waals surface area (Å²) >= 11 is 0. The fraction of sp³-hybridized carbons (Fsp3) is 0.320. The average Bonchev–Trinajstić information content (AvgIpc) is 3.25. The lowest BCUT2D eigenvalue weighted by atomic mass is 10.1. The van der Waals surface area contributed by atoms with Crippen molar-refractivity contribution < 1.29 is 9.53 Å². The van der Waals surface area contributed by atoms with Gasteiger partial charge in [-0.2, -0.15) is 10.4 Å². The van der Waals surface area contributed by atoms with Crippen LogP contribution in [-0.4, -0.2) is 22.7 Å². The lowest BCUT2D eigenvalue weighted by Gasteiger charge is -2.08. The Balaban J connectivity index is 0.000000469. The highest BCUT2D eigenvalue weighted by molar-refractivity contribution is 5.93. The quantitative estimate of drug-likeness (QED) is 0.469.